The van der Waals surface area contributed by atoms with Crippen LogP contribution in [0.25, 0.3) is 0 Å². The Labute approximate surface area is 72.1 Å². The highest BCUT2D eigenvalue weighted by Crippen LogP contribution is 2.28. The molecular formula is C8H16O4. The number of hydrogen-bond donors (Lipinski definition) is 2. The van der Waals surface area contributed by atoms with Crippen LogP contribution in [0, 0.1) is 5.92 Å². The van der Waals surface area contributed by atoms with Gasteiger partial charge in [-0.2, -0.15) is 0 Å². The molecule has 1 fully saturated rings. The maximum Gasteiger partial charge on any atom is 0.158 e. The van der Waals surface area contributed by atoms with Gasteiger partial charge in [0.2, 0.25) is 0 Å². The van der Waals surface area contributed by atoms with Crippen molar-refractivity contribution in [1.29, 1.82) is 0 Å². The predicted molar refractivity (Wildman–Crippen MR) is 42.6 cm³/mol. The lowest BCUT2D eigenvalue weighted by molar-refractivity contribution is -0.119. The molecule has 3 atom stereocenters. The number of hydrogen-bond acceptors (Lipinski definition) is 4. The maximum atomic E-state index is 8.96. The van der Waals surface area contributed by atoms with Crippen LogP contribution >= 0.6 is 0 Å². The molecule has 0 radical (unpaired) electrons. The Kier molecular flexibility index (Phi) is 3.94. The van der Waals surface area contributed by atoms with Gasteiger partial charge in [0, 0.05) is 32.7 Å². The van der Waals surface area contributed by atoms with Crippen LogP contribution < -0.4 is 0 Å². The largest absolute Gasteiger partial charge is 0.396 e. The van der Waals surface area contributed by atoms with Gasteiger partial charge < -0.3 is 19.7 Å². The summed E-state index contributed by atoms with van der Waals surface area (Å²) in [5, 5.41) is 17.7. The smallest absolute Gasteiger partial charge is 0.158 e. The van der Waals surface area contributed by atoms with Crippen LogP contribution in [0.2, 0.25) is 0 Å². The molecule has 2 N–H and O–H groups in total. The second-order valence-corrected chi connectivity index (χ2v) is 3.03. The molecule has 1 saturated heterocycles. The lowest BCUT2D eigenvalue weighted by Gasteiger charge is -2.14. The lowest BCUT2D eigenvalue weighted by Crippen LogP contribution is -2.20. The summed E-state index contributed by atoms with van der Waals surface area (Å²) in [6.45, 7) is 0.197. The minimum atomic E-state index is -0.210. The molecule has 4 nitrogen and oxygen atoms in total. The predicted octanol–water partition coefficient (Wildman–Crippen LogP) is -0.261. The summed E-state index contributed by atoms with van der Waals surface area (Å²) in [6, 6.07) is 0. The number of methoxy groups -OCH3 is 1. The minimum Gasteiger partial charge on any atom is -0.396 e. The third kappa shape index (κ3) is 2.17. The van der Waals surface area contributed by atoms with Gasteiger partial charge in [-0.1, -0.05) is 0 Å². The Hall–Kier alpha value is -0.160. The fourth-order valence-electron chi connectivity index (χ4n) is 1.54. The molecule has 1 heterocycles. The van der Waals surface area contributed by atoms with Crippen molar-refractivity contribution in [1.82, 2.24) is 0 Å². The first-order valence-corrected chi connectivity index (χ1v) is 4.21. The van der Waals surface area contributed by atoms with E-state index in [1.807, 2.05) is 0 Å². The molecule has 0 aromatic heterocycles. The van der Waals surface area contributed by atoms with Gasteiger partial charge in [-0.3, -0.25) is 0 Å². The van der Waals surface area contributed by atoms with E-state index in [1.54, 1.807) is 7.11 Å². The van der Waals surface area contributed by atoms with Gasteiger partial charge in [0.25, 0.3) is 0 Å². The molecule has 0 unspecified atom stereocenters. The number of aliphatic hydroxyl groups excluding tert-OH is 2. The molecule has 0 bridgehead atoms. The van der Waals surface area contributed by atoms with Gasteiger partial charge in [-0.15, -0.1) is 0 Å². The average molecular weight is 176 g/mol. The number of aliphatic hydroxyl groups is 2. The molecule has 0 amide bonds. The molecule has 1 aliphatic rings. The van der Waals surface area contributed by atoms with Gasteiger partial charge in [0.15, 0.2) is 6.29 Å². The van der Waals surface area contributed by atoms with E-state index in [-0.39, 0.29) is 31.5 Å². The van der Waals surface area contributed by atoms with Crippen LogP contribution in [0.3, 0.4) is 0 Å². The summed E-state index contributed by atoms with van der Waals surface area (Å²) >= 11 is 0. The Morgan fingerprint density at radius 3 is 2.75 bits per heavy atom. The Bertz CT molecular complexity index is 128. The van der Waals surface area contributed by atoms with Crippen molar-refractivity contribution in [3.8, 4) is 0 Å². The fourth-order valence-corrected chi connectivity index (χ4v) is 1.54. The quantitative estimate of drug-likeness (QED) is 0.619. The Morgan fingerprint density at radius 2 is 2.25 bits per heavy atom. The summed E-state index contributed by atoms with van der Waals surface area (Å²) in [4.78, 5) is 0. The van der Waals surface area contributed by atoms with Gasteiger partial charge in [-0.05, 0) is 6.42 Å². The summed E-state index contributed by atoms with van der Waals surface area (Å²) in [5.74, 6) is 0.113. The van der Waals surface area contributed by atoms with Crippen molar-refractivity contribution >= 4 is 0 Å². The zero-order valence-electron chi connectivity index (χ0n) is 7.27. The first-order valence-electron chi connectivity index (χ1n) is 4.21. The number of rotatable bonds is 4. The van der Waals surface area contributed by atoms with Crippen molar-refractivity contribution in [2.45, 2.75) is 25.2 Å². The van der Waals surface area contributed by atoms with E-state index in [0.717, 1.165) is 6.42 Å². The molecule has 1 rings (SSSR count). The van der Waals surface area contributed by atoms with Crippen molar-refractivity contribution in [3.63, 3.8) is 0 Å². The highest BCUT2D eigenvalue weighted by Gasteiger charge is 2.34. The fraction of sp³-hybridized carbons (Fsp3) is 1.00. The molecular weight excluding hydrogens is 160 g/mol. The van der Waals surface area contributed by atoms with Crippen molar-refractivity contribution < 1.29 is 19.7 Å². The van der Waals surface area contributed by atoms with Crippen molar-refractivity contribution in [2.24, 2.45) is 5.92 Å². The molecule has 0 saturated carbocycles. The summed E-state index contributed by atoms with van der Waals surface area (Å²) in [5.41, 5.74) is 0. The van der Waals surface area contributed by atoms with Crippen LogP contribution in [0.4, 0.5) is 0 Å². The highest BCUT2D eigenvalue weighted by molar-refractivity contribution is 4.77. The van der Waals surface area contributed by atoms with Crippen LogP contribution in [-0.2, 0) is 9.47 Å². The molecule has 0 aliphatic carbocycles. The Balaban J connectivity index is 2.39. The topological polar surface area (TPSA) is 58.9 Å². The molecule has 1 aliphatic heterocycles. The van der Waals surface area contributed by atoms with Gasteiger partial charge in [0.1, 0.15) is 0 Å². The molecule has 0 aromatic rings. The molecule has 72 valence electrons. The maximum absolute atomic E-state index is 8.96. The standard InChI is InChI=1S/C8H16O4/c1-11-8-4-6(5-10)7(12-8)2-3-9/h6-10H,2-5H2,1H3/t6-,7+,8-/m0/s1. The van der Waals surface area contributed by atoms with Crippen LogP contribution in [-0.4, -0.2) is 42.9 Å². The van der Waals surface area contributed by atoms with Crippen LogP contribution in [0.1, 0.15) is 12.8 Å². The monoisotopic (exact) mass is 176 g/mol. The van der Waals surface area contributed by atoms with Crippen LogP contribution in [0.15, 0.2) is 0 Å². The molecule has 0 aromatic carbocycles. The summed E-state index contributed by atoms with van der Waals surface area (Å²) in [7, 11) is 1.58. The van der Waals surface area contributed by atoms with Gasteiger partial charge in [-0.25, -0.2) is 0 Å². The first kappa shape index (κ1) is 9.92. The Morgan fingerprint density at radius 1 is 1.50 bits per heavy atom. The van der Waals surface area contributed by atoms with E-state index in [2.05, 4.69) is 0 Å². The molecule has 12 heavy (non-hydrogen) atoms. The van der Waals surface area contributed by atoms with E-state index in [4.69, 9.17) is 19.7 Å². The van der Waals surface area contributed by atoms with Gasteiger partial charge in [0.05, 0.1) is 6.10 Å². The molecule has 0 spiro atoms. The second-order valence-electron chi connectivity index (χ2n) is 3.03. The summed E-state index contributed by atoms with van der Waals surface area (Å²) < 4.78 is 10.4. The third-order valence-corrected chi connectivity index (χ3v) is 2.26. The minimum absolute atomic E-state index is 0.0510. The van der Waals surface area contributed by atoms with E-state index in [9.17, 15) is 0 Å². The summed E-state index contributed by atoms with van der Waals surface area (Å²) in [6.07, 6.45) is 1.03. The third-order valence-electron chi connectivity index (χ3n) is 2.26. The van der Waals surface area contributed by atoms with Gasteiger partial charge >= 0.3 is 0 Å². The molecule has 4 heteroatoms. The van der Waals surface area contributed by atoms with E-state index >= 15 is 0 Å². The van der Waals surface area contributed by atoms with E-state index < -0.39 is 0 Å². The van der Waals surface area contributed by atoms with Crippen molar-refractivity contribution in [3.05, 3.63) is 0 Å². The first-order chi connectivity index (χ1) is 5.81. The zero-order valence-corrected chi connectivity index (χ0v) is 7.27. The zero-order chi connectivity index (χ0) is 8.97. The number of ether oxygens (including phenoxy) is 2. The highest BCUT2D eigenvalue weighted by atomic mass is 16.7. The van der Waals surface area contributed by atoms with Crippen molar-refractivity contribution in [2.75, 3.05) is 20.3 Å². The van der Waals surface area contributed by atoms with Crippen LogP contribution in [0.5, 0.6) is 0 Å². The second kappa shape index (κ2) is 4.77. The van der Waals surface area contributed by atoms with E-state index in [1.165, 1.54) is 0 Å². The SMILES string of the molecule is CO[C@@H]1C[C@@H](CO)[C@@H](CCO)O1. The normalized spacial score (nSPS) is 35.8. The lowest BCUT2D eigenvalue weighted by atomic mass is 10.0. The average Bonchev–Trinajstić information content (AvgIpc) is 2.48. The van der Waals surface area contributed by atoms with E-state index in [0.29, 0.717) is 6.42 Å².